The lowest BCUT2D eigenvalue weighted by Gasteiger charge is -1.92. The monoisotopic (exact) mass is 146 g/mol. The van der Waals surface area contributed by atoms with E-state index in [0.717, 1.165) is 0 Å². The summed E-state index contributed by atoms with van der Waals surface area (Å²) in [5.41, 5.74) is 0. The molecule has 0 saturated carbocycles. The van der Waals surface area contributed by atoms with Gasteiger partial charge in [-0.25, -0.2) is 9.19 Å². The number of hydrogen-bond donors (Lipinski definition) is 1. The van der Waals surface area contributed by atoms with E-state index in [0.29, 0.717) is 0 Å². The van der Waals surface area contributed by atoms with Crippen molar-refractivity contribution in [1.29, 1.82) is 0 Å². The lowest BCUT2D eigenvalue weighted by atomic mass is 10.9. The summed E-state index contributed by atoms with van der Waals surface area (Å²) < 4.78 is 20.0. The van der Waals surface area contributed by atoms with Gasteiger partial charge in [-0.2, -0.15) is 0 Å². The number of nitrogens with zero attached hydrogens (tertiary/aromatic N) is 2. The van der Waals surface area contributed by atoms with Crippen LogP contribution >= 0.6 is 0 Å². The van der Waals surface area contributed by atoms with Crippen LogP contribution in [-0.4, -0.2) is 18.3 Å². The fraction of sp³-hybridized carbons (Fsp3) is 0.250. The molecule has 0 spiro atoms. The molecule has 0 aliphatic carbocycles. The van der Waals surface area contributed by atoms with Crippen molar-refractivity contribution in [3.05, 3.63) is 18.7 Å². The van der Waals surface area contributed by atoms with Gasteiger partial charge in [-0.1, -0.05) is 0 Å². The molecule has 1 heterocycles. The largest absolute Gasteiger partial charge is 0.323 e. The van der Waals surface area contributed by atoms with Crippen LogP contribution in [0, 0.1) is 0 Å². The molecule has 1 atom stereocenters. The molecule has 1 aromatic heterocycles. The van der Waals surface area contributed by atoms with Gasteiger partial charge in [0.15, 0.2) is 11.1 Å². The van der Waals surface area contributed by atoms with Crippen LogP contribution in [-0.2, 0) is 17.0 Å². The predicted molar refractivity (Wildman–Crippen MR) is 33.0 cm³/mol. The molecule has 1 rings (SSSR count). The van der Waals surface area contributed by atoms with E-state index in [-0.39, 0.29) is 5.88 Å². The Bertz CT molecular complexity index is 196. The molecule has 0 radical (unpaired) electrons. The lowest BCUT2D eigenvalue weighted by molar-refractivity contribution is 0.552. The maximum Gasteiger partial charge on any atom is 0.173 e. The third-order valence-corrected chi connectivity index (χ3v) is 1.34. The second kappa shape index (κ2) is 2.75. The van der Waals surface area contributed by atoms with Gasteiger partial charge in [-0.15, -0.1) is 0 Å². The van der Waals surface area contributed by atoms with Crippen molar-refractivity contribution in [2.75, 3.05) is 0 Å². The molecule has 0 fully saturated rings. The van der Waals surface area contributed by atoms with E-state index < -0.39 is 11.1 Å². The molecular weight excluding hydrogens is 140 g/mol. The fourth-order valence-corrected chi connectivity index (χ4v) is 0.898. The van der Waals surface area contributed by atoms with Crippen molar-refractivity contribution in [3.8, 4) is 0 Å². The fourth-order valence-electron chi connectivity index (χ4n) is 0.491. The number of aromatic nitrogens is 2. The summed E-state index contributed by atoms with van der Waals surface area (Å²) >= 11 is -1.77. The van der Waals surface area contributed by atoms with E-state index in [2.05, 4.69) is 4.98 Å². The molecule has 50 valence electrons. The Morgan fingerprint density at radius 2 is 2.56 bits per heavy atom. The standard InChI is InChI=1S/C4H6N2O2S/c7-9(8)4-6-2-1-5-3-6/h1-3H,4H2,(H,7,8). The summed E-state index contributed by atoms with van der Waals surface area (Å²) in [6, 6.07) is 0. The number of imidazole rings is 1. The molecule has 9 heavy (non-hydrogen) atoms. The Balaban J connectivity index is 2.58. The first-order chi connectivity index (χ1) is 4.29. The van der Waals surface area contributed by atoms with E-state index in [1.807, 2.05) is 0 Å². The van der Waals surface area contributed by atoms with E-state index in [1.165, 1.54) is 10.9 Å². The minimum absolute atomic E-state index is 0.0972. The summed E-state index contributed by atoms with van der Waals surface area (Å²) in [5.74, 6) is 0.0972. The predicted octanol–water partition coefficient (Wildman–Crippen LogP) is 0.0623. The molecule has 0 saturated heterocycles. The van der Waals surface area contributed by atoms with Crippen LogP contribution in [0.25, 0.3) is 0 Å². The Morgan fingerprint density at radius 1 is 1.78 bits per heavy atom. The zero-order valence-corrected chi connectivity index (χ0v) is 5.41. The average Bonchev–Trinajstić information content (AvgIpc) is 2.15. The molecule has 5 heteroatoms. The quantitative estimate of drug-likeness (QED) is 0.600. The van der Waals surface area contributed by atoms with Crippen LogP contribution < -0.4 is 0 Å². The Labute approximate surface area is 54.8 Å². The van der Waals surface area contributed by atoms with E-state index in [1.54, 1.807) is 12.4 Å². The first-order valence-corrected chi connectivity index (χ1v) is 3.60. The van der Waals surface area contributed by atoms with E-state index >= 15 is 0 Å². The van der Waals surface area contributed by atoms with Gasteiger partial charge >= 0.3 is 0 Å². The Morgan fingerprint density at radius 3 is 3.00 bits per heavy atom. The third-order valence-electron chi connectivity index (χ3n) is 0.819. The maximum absolute atomic E-state index is 10.1. The highest BCUT2D eigenvalue weighted by Crippen LogP contribution is 1.86. The first kappa shape index (κ1) is 6.44. The molecule has 1 N–H and O–H groups in total. The Hall–Kier alpha value is -0.680. The van der Waals surface area contributed by atoms with Crippen LogP contribution in [0.4, 0.5) is 0 Å². The number of rotatable bonds is 2. The summed E-state index contributed by atoms with van der Waals surface area (Å²) in [6.07, 6.45) is 4.69. The van der Waals surface area contributed by atoms with Gasteiger partial charge in [0.25, 0.3) is 0 Å². The first-order valence-electron chi connectivity index (χ1n) is 2.32. The highest BCUT2D eigenvalue weighted by molar-refractivity contribution is 7.78. The molecule has 4 nitrogen and oxygen atoms in total. The summed E-state index contributed by atoms with van der Waals surface area (Å²) in [4.78, 5) is 3.69. The average molecular weight is 146 g/mol. The van der Waals surface area contributed by atoms with Gasteiger partial charge in [0.1, 0.15) is 5.88 Å². The molecule has 0 aliphatic heterocycles. The lowest BCUT2D eigenvalue weighted by Crippen LogP contribution is -1.99. The maximum atomic E-state index is 10.1. The Kier molecular flexibility index (Phi) is 1.96. The molecule has 0 aromatic carbocycles. The minimum Gasteiger partial charge on any atom is -0.323 e. The van der Waals surface area contributed by atoms with Crippen molar-refractivity contribution in [2.45, 2.75) is 5.88 Å². The van der Waals surface area contributed by atoms with Crippen LogP contribution in [0.15, 0.2) is 18.7 Å². The second-order valence-corrected chi connectivity index (χ2v) is 2.43. The molecule has 0 bridgehead atoms. The second-order valence-electron chi connectivity index (χ2n) is 1.53. The molecule has 0 amide bonds. The van der Waals surface area contributed by atoms with Crippen LogP contribution in [0.1, 0.15) is 0 Å². The van der Waals surface area contributed by atoms with Crippen molar-refractivity contribution in [3.63, 3.8) is 0 Å². The third kappa shape index (κ3) is 1.95. The van der Waals surface area contributed by atoms with Crippen molar-refractivity contribution >= 4 is 11.1 Å². The minimum atomic E-state index is -1.77. The van der Waals surface area contributed by atoms with Gasteiger partial charge in [-0.05, 0) is 0 Å². The zero-order chi connectivity index (χ0) is 6.69. The molecule has 1 aromatic rings. The van der Waals surface area contributed by atoms with Crippen molar-refractivity contribution < 1.29 is 8.76 Å². The molecule has 1 unspecified atom stereocenters. The molecule has 0 aliphatic rings. The van der Waals surface area contributed by atoms with Gasteiger partial charge < -0.3 is 9.12 Å². The summed E-state index contributed by atoms with van der Waals surface area (Å²) in [7, 11) is 0. The highest BCUT2D eigenvalue weighted by Gasteiger charge is 1.91. The van der Waals surface area contributed by atoms with Crippen LogP contribution in [0.5, 0.6) is 0 Å². The van der Waals surface area contributed by atoms with Gasteiger partial charge in [0.2, 0.25) is 0 Å². The van der Waals surface area contributed by atoms with Gasteiger partial charge in [0, 0.05) is 12.4 Å². The van der Waals surface area contributed by atoms with Crippen molar-refractivity contribution in [2.24, 2.45) is 0 Å². The normalized spacial score (nSPS) is 13.4. The van der Waals surface area contributed by atoms with Crippen LogP contribution in [0.3, 0.4) is 0 Å². The van der Waals surface area contributed by atoms with E-state index in [9.17, 15) is 4.21 Å². The van der Waals surface area contributed by atoms with Crippen molar-refractivity contribution in [1.82, 2.24) is 9.55 Å². The summed E-state index contributed by atoms with van der Waals surface area (Å²) in [6.45, 7) is 0. The topological polar surface area (TPSA) is 55.1 Å². The van der Waals surface area contributed by atoms with Gasteiger partial charge in [-0.3, -0.25) is 0 Å². The zero-order valence-electron chi connectivity index (χ0n) is 4.60. The summed E-state index contributed by atoms with van der Waals surface area (Å²) in [5, 5.41) is 0. The van der Waals surface area contributed by atoms with E-state index in [4.69, 9.17) is 4.55 Å². The highest BCUT2D eigenvalue weighted by atomic mass is 32.2. The molecular formula is C4H6N2O2S. The smallest absolute Gasteiger partial charge is 0.173 e. The number of hydrogen-bond acceptors (Lipinski definition) is 2. The van der Waals surface area contributed by atoms with Gasteiger partial charge in [0.05, 0.1) is 6.33 Å². The SMILES string of the molecule is O=S(O)Cn1ccnc1. The van der Waals surface area contributed by atoms with Crippen LogP contribution in [0.2, 0.25) is 0 Å².